The van der Waals surface area contributed by atoms with Crippen LogP contribution in [0.2, 0.25) is 0 Å². The first kappa shape index (κ1) is 26.2. The van der Waals surface area contributed by atoms with Crippen molar-refractivity contribution in [3.63, 3.8) is 0 Å². The van der Waals surface area contributed by atoms with Crippen LogP contribution in [0.3, 0.4) is 0 Å². The summed E-state index contributed by atoms with van der Waals surface area (Å²) in [4.78, 5) is 0. The molecule has 0 atom stereocenters. The number of hydrogen-bond donors (Lipinski definition) is 0. The minimum Gasteiger partial charge on any atom is -0.0622 e. The molecule has 0 nitrogen and oxygen atoms in total. The fourth-order valence-electron chi connectivity index (χ4n) is 8.20. The summed E-state index contributed by atoms with van der Waals surface area (Å²) in [7, 11) is 0. The van der Waals surface area contributed by atoms with Crippen molar-refractivity contribution in [3.05, 3.63) is 179 Å². The molecule has 1 spiro atoms. The molecule has 7 aromatic carbocycles. The highest BCUT2D eigenvalue weighted by Gasteiger charge is 2.51. The van der Waals surface area contributed by atoms with Crippen LogP contribution >= 0.6 is 0 Å². The van der Waals surface area contributed by atoms with E-state index in [0.29, 0.717) is 0 Å². The van der Waals surface area contributed by atoms with Gasteiger partial charge in [-0.05, 0) is 101 Å². The Hall–Kier alpha value is -5.20. The van der Waals surface area contributed by atoms with Crippen LogP contribution < -0.4 is 0 Å². The molecule has 0 saturated carbocycles. The summed E-state index contributed by atoms with van der Waals surface area (Å²) in [5, 5.41) is 2.59. The lowest BCUT2D eigenvalue weighted by Gasteiger charge is -2.30. The zero-order valence-corrected chi connectivity index (χ0v) is 25.9. The van der Waals surface area contributed by atoms with Gasteiger partial charge in [-0.15, -0.1) is 0 Å². The molecule has 2 aliphatic rings. The smallest absolute Gasteiger partial charge is 0.0622 e. The van der Waals surface area contributed by atoms with Gasteiger partial charge >= 0.3 is 0 Å². The van der Waals surface area contributed by atoms with Gasteiger partial charge in [0.05, 0.1) is 5.41 Å². The van der Waals surface area contributed by atoms with E-state index in [4.69, 9.17) is 0 Å². The molecule has 0 amide bonds. The molecule has 0 heterocycles. The number of hydrogen-bond acceptors (Lipinski definition) is 0. The maximum absolute atomic E-state index is 2.54. The Morgan fingerprint density at radius 2 is 0.800 bits per heavy atom. The van der Waals surface area contributed by atoms with Crippen LogP contribution in [0.5, 0.6) is 0 Å². The van der Waals surface area contributed by atoms with Crippen LogP contribution in [0.25, 0.3) is 55.3 Å². The Kier molecular flexibility index (Phi) is 5.48. The zero-order chi connectivity index (χ0) is 30.3. The van der Waals surface area contributed by atoms with Crippen molar-refractivity contribution in [2.75, 3.05) is 0 Å². The lowest BCUT2D eigenvalue weighted by molar-refractivity contribution is 0.590. The normalized spacial score (nSPS) is 13.8. The molecule has 0 unspecified atom stereocenters. The summed E-state index contributed by atoms with van der Waals surface area (Å²) >= 11 is 0. The van der Waals surface area contributed by atoms with Gasteiger partial charge in [-0.1, -0.05) is 160 Å². The molecule has 0 saturated heterocycles. The minimum absolute atomic E-state index is 0.111. The Bertz CT molecular complexity index is 2230. The third kappa shape index (κ3) is 3.60. The third-order valence-electron chi connectivity index (χ3n) is 10.3. The third-order valence-corrected chi connectivity index (χ3v) is 10.3. The van der Waals surface area contributed by atoms with Crippen molar-refractivity contribution < 1.29 is 0 Å². The maximum atomic E-state index is 2.54. The summed E-state index contributed by atoms with van der Waals surface area (Å²) in [6, 6.07) is 57.0. The molecule has 0 bridgehead atoms. The second-order valence-corrected chi connectivity index (χ2v) is 13.7. The predicted octanol–water partition coefficient (Wildman–Crippen LogP) is 11.8. The lowest BCUT2D eigenvalue weighted by Crippen LogP contribution is -2.25. The molecule has 214 valence electrons. The summed E-state index contributed by atoms with van der Waals surface area (Å²) in [6.07, 6.45) is 0. The molecule has 0 aliphatic heterocycles. The van der Waals surface area contributed by atoms with Gasteiger partial charge < -0.3 is 0 Å². The average Bonchev–Trinajstić information content (AvgIpc) is 3.54. The predicted molar refractivity (Wildman–Crippen MR) is 190 cm³/mol. The molecule has 0 fully saturated rings. The highest BCUT2D eigenvalue weighted by atomic mass is 14.5. The minimum atomic E-state index is -0.358. The molecule has 0 aromatic heterocycles. The van der Waals surface area contributed by atoms with Crippen molar-refractivity contribution in [1.82, 2.24) is 0 Å². The van der Waals surface area contributed by atoms with Crippen LogP contribution in [0, 0.1) is 0 Å². The summed E-state index contributed by atoms with van der Waals surface area (Å²) < 4.78 is 0. The molecule has 0 heteroatoms. The molecule has 0 radical (unpaired) electrons. The standard InChI is InChI=1S/C45H34/c1-44(2,3)31-23-21-30(22-24-31)33-26-25-32(29-13-5-4-6-14-29)37-27-39-36-17-9-12-20-42(36)45(43(39)28-38(33)37)40-18-10-7-15-34(40)35-16-8-11-19-41(35)45/h4-28H,1-3H3. The molecule has 9 rings (SSSR count). The van der Waals surface area contributed by atoms with E-state index in [9.17, 15) is 0 Å². The van der Waals surface area contributed by atoms with E-state index >= 15 is 0 Å². The van der Waals surface area contributed by atoms with Gasteiger partial charge in [0.15, 0.2) is 0 Å². The van der Waals surface area contributed by atoms with E-state index in [2.05, 4.69) is 172 Å². The zero-order valence-electron chi connectivity index (χ0n) is 25.9. The van der Waals surface area contributed by atoms with E-state index in [1.165, 1.54) is 83.1 Å². The van der Waals surface area contributed by atoms with Gasteiger partial charge in [-0.2, -0.15) is 0 Å². The summed E-state index contributed by atoms with van der Waals surface area (Å²) in [5.41, 5.74) is 17.0. The van der Waals surface area contributed by atoms with Crippen molar-refractivity contribution in [2.45, 2.75) is 31.6 Å². The maximum Gasteiger partial charge on any atom is 0.0725 e. The molecule has 2 aliphatic carbocycles. The highest BCUT2D eigenvalue weighted by molar-refractivity contribution is 6.09. The van der Waals surface area contributed by atoms with Crippen LogP contribution in [-0.2, 0) is 10.8 Å². The van der Waals surface area contributed by atoms with E-state index in [1.807, 2.05) is 0 Å². The Labute approximate surface area is 265 Å². The van der Waals surface area contributed by atoms with Crippen LogP contribution in [0.1, 0.15) is 48.6 Å². The van der Waals surface area contributed by atoms with Gasteiger partial charge in [0.2, 0.25) is 0 Å². The van der Waals surface area contributed by atoms with E-state index < -0.39 is 0 Å². The SMILES string of the molecule is CC(C)(C)c1ccc(-c2ccc(-c3ccccc3)c3cc4c(cc23)C2(c3ccccc3-c3ccccc32)c2ccccc2-4)cc1. The van der Waals surface area contributed by atoms with Gasteiger partial charge in [0.25, 0.3) is 0 Å². The Morgan fingerprint density at radius 3 is 1.33 bits per heavy atom. The largest absolute Gasteiger partial charge is 0.0725 e. The molecule has 0 N–H and O–H groups in total. The quantitative estimate of drug-likeness (QED) is 0.193. The first-order valence-corrected chi connectivity index (χ1v) is 16.0. The highest BCUT2D eigenvalue weighted by Crippen LogP contribution is 2.63. The van der Waals surface area contributed by atoms with Crippen molar-refractivity contribution >= 4 is 10.8 Å². The van der Waals surface area contributed by atoms with Gasteiger partial charge in [-0.25, -0.2) is 0 Å². The number of benzene rings is 7. The molecule has 45 heavy (non-hydrogen) atoms. The van der Waals surface area contributed by atoms with Crippen LogP contribution in [0.15, 0.2) is 152 Å². The Balaban J connectivity index is 1.41. The molecular formula is C45H34. The van der Waals surface area contributed by atoms with E-state index in [0.717, 1.165) is 0 Å². The first-order chi connectivity index (χ1) is 22.0. The van der Waals surface area contributed by atoms with Crippen LogP contribution in [-0.4, -0.2) is 0 Å². The first-order valence-electron chi connectivity index (χ1n) is 16.0. The van der Waals surface area contributed by atoms with Crippen LogP contribution in [0.4, 0.5) is 0 Å². The monoisotopic (exact) mass is 574 g/mol. The summed E-state index contributed by atoms with van der Waals surface area (Å²) in [6.45, 7) is 6.84. The fraction of sp³-hybridized carbons (Fsp3) is 0.111. The molecular weight excluding hydrogens is 540 g/mol. The van der Waals surface area contributed by atoms with E-state index in [-0.39, 0.29) is 10.8 Å². The lowest BCUT2D eigenvalue weighted by atomic mass is 9.70. The summed E-state index contributed by atoms with van der Waals surface area (Å²) in [5.74, 6) is 0. The second kappa shape index (κ2) is 9.40. The van der Waals surface area contributed by atoms with Gasteiger partial charge in [0, 0.05) is 0 Å². The van der Waals surface area contributed by atoms with Crippen molar-refractivity contribution in [1.29, 1.82) is 0 Å². The van der Waals surface area contributed by atoms with Gasteiger partial charge in [0.1, 0.15) is 0 Å². The van der Waals surface area contributed by atoms with Crippen molar-refractivity contribution in [3.8, 4) is 44.5 Å². The molecule has 7 aromatic rings. The topological polar surface area (TPSA) is 0 Å². The fourth-order valence-corrected chi connectivity index (χ4v) is 8.20. The van der Waals surface area contributed by atoms with Gasteiger partial charge in [-0.3, -0.25) is 0 Å². The Morgan fingerprint density at radius 1 is 0.356 bits per heavy atom. The number of rotatable bonds is 2. The second-order valence-electron chi connectivity index (χ2n) is 13.7. The van der Waals surface area contributed by atoms with Crippen molar-refractivity contribution in [2.24, 2.45) is 0 Å². The average molecular weight is 575 g/mol. The van der Waals surface area contributed by atoms with E-state index in [1.54, 1.807) is 0 Å². The number of fused-ring (bicyclic) bond motifs is 11.